The molecule has 0 aromatic carbocycles. The van der Waals surface area contributed by atoms with Crippen molar-refractivity contribution in [2.24, 2.45) is 45.3 Å². The predicted molar refractivity (Wildman–Crippen MR) is 192 cm³/mol. The van der Waals surface area contributed by atoms with Crippen LogP contribution in [-0.2, 0) is 33.3 Å². The van der Waals surface area contributed by atoms with E-state index in [0.717, 1.165) is 5.57 Å². The Kier molecular flexibility index (Phi) is 10.0. The zero-order valence-electron chi connectivity index (χ0n) is 33.1. The summed E-state index contributed by atoms with van der Waals surface area (Å²) in [6, 6.07) is 0. The summed E-state index contributed by atoms with van der Waals surface area (Å²) in [5.41, 5.74) is -2.67. The first-order valence-electron chi connectivity index (χ1n) is 19.9. The molecule has 0 bridgehead atoms. The number of hydrogen-bond donors (Lipinski definition) is 6. The molecule has 13 nitrogen and oxygen atoms in total. The molecule has 3 heterocycles. The second-order valence-corrected chi connectivity index (χ2v) is 19.2. The summed E-state index contributed by atoms with van der Waals surface area (Å²) in [6.45, 7) is 17.6. The Morgan fingerprint density at radius 3 is 2.17 bits per heavy atom. The van der Waals surface area contributed by atoms with Gasteiger partial charge in [0.25, 0.3) is 0 Å². The van der Waals surface area contributed by atoms with Crippen LogP contribution in [0.25, 0.3) is 0 Å². The first-order chi connectivity index (χ1) is 25.0. The van der Waals surface area contributed by atoms with Gasteiger partial charge in [-0.15, -0.1) is 0 Å². The maximum atomic E-state index is 14.9. The zero-order valence-corrected chi connectivity index (χ0v) is 33.1. The van der Waals surface area contributed by atoms with E-state index in [1.165, 1.54) is 6.92 Å². The molecule has 0 unspecified atom stereocenters. The first-order valence-corrected chi connectivity index (χ1v) is 19.9. The summed E-state index contributed by atoms with van der Waals surface area (Å²) in [5.74, 6) is -0.149. The van der Waals surface area contributed by atoms with E-state index in [9.17, 15) is 40.2 Å². The molecule has 0 amide bonds. The Bertz CT molecular complexity index is 1570. The van der Waals surface area contributed by atoms with Crippen LogP contribution >= 0.6 is 0 Å². The number of Topliss-reactive ketones (excluding diaryl/α,β-unsaturated/α-hetero) is 1. The molecular formula is C41H62O13. The molecule has 7 aliphatic rings. The average Bonchev–Trinajstić information content (AvgIpc) is 3.51. The quantitative estimate of drug-likeness (QED) is 0.216. The molecule has 0 aromatic heterocycles. The number of allylic oxidation sites excluding steroid dienone is 2. The van der Waals surface area contributed by atoms with E-state index < -0.39 is 101 Å². The fourth-order valence-corrected chi connectivity index (χ4v) is 12.3. The van der Waals surface area contributed by atoms with E-state index in [-0.39, 0.29) is 42.3 Å². The molecule has 0 aromatic rings. The van der Waals surface area contributed by atoms with Gasteiger partial charge in [0, 0.05) is 35.2 Å². The lowest BCUT2D eigenvalue weighted by atomic mass is 9.38. The number of carbonyl (C=O) groups is 2. The third-order valence-corrected chi connectivity index (χ3v) is 15.7. The molecule has 5 fully saturated rings. The van der Waals surface area contributed by atoms with E-state index in [0.29, 0.717) is 31.4 Å². The van der Waals surface area contributed by atoms with E-state index >= 15 is 0 Å². The second-order valence-electron chi connectivity index (χ2n) is 19.2. The van der Waals surface area contributed by atoms with Crippen molar-refractivity contribution in [1.29, 1.82) is 0 Å². The SMILES string of the molecule is CC(C)C1=CC(=O)[C@@](C)([C@@H]2[C@@H](O)C[C@]3(C)[C@H]4CC=C5[C@H](CC[C@H](O[C@H]6OC[C@H](O)[C@@H](O)[C@@H]6O[C@H]6O[C@H](C)[C@@H](O)[C@H](O)[C@@H]6O)C5(C)C)[C@@]4(C)C(=O)C[C@@]23C)O1. The maximum Gasteiger partial charge on any atom is 0.202 e. The van der Waals surface area contributed by atoms with Gasteiger partial charge in [-0.05, 0) is 62.2 Å². The zero-order chi connectivity index (χ0) is 39.7. The van der Waals surface area contributed by atoms with Gasteiger partial charge in [-0.3, -0.25) is 9.59 Å². The van der Waals surface area contributed by atoms with Gasteiger partial charge in [-0.25, -0.2) is 0 Å². The van der Waals surface area contributed by atoms with Gasteiger partial charge in [-0.1, -0.05) is 60.1 Å². The van der Waals surface area contributed by atoms with Crippen LogP contribution in [0.15, 0.2) is 23.5 Å². The van der Waals surface area contributed by atoms with Gasteiger partial charge >= 0.3 is 0 Å². The second kappa shape index (κ2) is 13.4. The Balaban J connectivity index is 1.14. The van der Waals surface area contributed by atoms with Crippen molar-refractivity contribution >= 4 is 11.6 Å². The third kappa shape index (κ3) is 5.61. The van der Waals surface area contributed by atoms with E-state index in [1.54, 1.807) is 13.0 Å². The van der Waals surface area contributed by atoms with Crippen LogP contribution in [0.5, 0.6) is 0 Å². The first kappa shape index (κ1) is 40.4. The lowest BCUT2D eigenvalue weighted by Gasteiger charge is -2.65. The van der Waals surface area contributed by atoms with Gasteiger partial charge in [0.2, 0.25) is 5.78 Å². The summed E-state index contributed by atoms with van der Waals surface area (Å²) >= 11 is 0. The summed E-state index contributed by atoms with van der Waals surface area (Å²) in [6.07, 6.45) is -7.09. The van der Waals surface area contributed by atoms with Gasteiger partial charge in [-0.2, -0.15) is 0 Å². The Hall–Kier alpha value is -1.78. The summed E-state index contributed by atoms with van der Waals surface area (Å²) in [5, 5.41) is 64.6. The number of ether oxygens (including phenoxy) is 5. The van der Waals surface area contributed by atoms with Gasteiger partial charge < -0.3 is 54.3 Å². The van der Waals surface area contributed by atoms with Crippen molar-refractivity contribution in [3.8, 4) is 0 Å². The molecule has 3 saturated carbocycles. The molecule has 2 saturated heterocycles. The Morgan fingerprint density at radius 1 is 0.833 bits per heavy atom. The molecular weight excluding hydrogens is 700 g/mol. The van der Waals surface area contributed by atoms with E-state index in [1.807, 2.05) is 13.8 Å². The van der Waals surface area contributed by atoms with Crippen molar-refractivity contribution in [1.82, 2.24) is 0 Å². The standard InChI is InChI=1S/C41H62O13/c1-18(2)24-14-26(44)41(9,54-24)34-22(42)15-38(6)25-12-10-20-21(40(25,8)27(45)16-39(34,38)7)11-13-28(37(20,4)5)52-36-33(30(47)23(43)17-50-36)53-35-32(49)31(48)29(46)19(3)51-35/h10,14,18-19,21-23,25,28-36,42-43,46-49H,11-13,15-17H2,1-9H3/t19-,21+,22+,23+,25-,28+,29-,30-,31+,32+,33+,34-,35-,36-,38-,39+,40-,41+/m1/s1. The van der Waals surface area contributed by atoms with Gasteiger partial charge in [0.05, 0.1) is 24.9 Å². The molecule has 0 spiro atoms. The van der Waals surface area contributed by atoms with E-state index in [4.69, 9.17) is 23.7 Å². The fraction of sp³-hybridized carbons (Fsp3) is 0.854. The van der Waals surface area contributed by atoms with Crippen molar-refractivity contribution in [2.45, 2.75) is 168 Å². The van der Waals surface area contributed by atoms with Crippen LogP contribution in [0.1, 0.15) is 94.4 Å². The molecule has 18 atom stereocenters. The van der Waals surface area contributed by atoms with Crippen molar-refractivity contribution in [3.05, 3.63) is 23.5 Å². The number of rotatable bonds is 6. The smallest absolute Gasteiger partial charge is 0.202 e. The van der Waals surface area contributed by atoms with Gasteiger partial charge in [0.15, 0.2) is 18.2 Å². The molecule has 7 rings (SSSR count). The minimum Gasteiger partial charge on any atom is -0.483 e. The number of carbonyl (C=O) groups excluding carboxylic acids is 2. The normalized spacial score (nSPS) is 53.0. The van der Waals surface area contributed by atoms with Crippen LogP contribution in [0.2, 0.25) is 0 Å². The Labute approximate surface area is 318 Å². The molecule has 304 valence electrons. The molecule has 54 heavy (non-hydrogen) atoms. The highest BCUT2D eigenvalue weighted by atomic mass is 16.8. The number of hydrogen-bond acceptors (Lipinski definition) is 13. The minimum absolute atomic E-state index is 0.0144. The van der Waals surface area contributed by atoms with Crippen LogP contribution in [0, 0.1) is 45.3 Å². The largest absolute Gasteiger partial charge is 0.483 e. The monoisotopic (exact) mass is 762 g/mol. The summed E-state index contributed by atoms with van der Waals surface area (Å²) < 4.78 is 30.6. The number of aliphatic hydroxyl groups excluding tert-OH is 6. The number of ketones is 2. The number of aliphatic hydroxyl groups is 6. The third-order valence-electron chi connectivity index (χ3n) is 15.7. The lowest BCUT2D eigenvalue weighted by molar-refractivity contribution is -0.360. The maximum absolute atomic E-state index is 14.9. The van der Waals surface area contributed by atoms with Crippen LogP contribution in [-0.4, -0.2) is 122 Å². The Morgan fingerprint density at radius 2 is 1.52 bits per heavy atom. The molecule has 0 radical (unpaired) electrons. The molecule has 3 aliphatic heterocycles. The summed E-state index contributed by atoms with van der Waals surface area (Å²) in [7, 11) is 0. The molecule has 6 N–H and O–H groups in total. The van der Waals surface area contributed by atoms with Crippen molar-refractivity contribution in [2.75, 3.05) is 6.61 Å². The highest BCUT2D eigenvalue weighted by molar-refractivity contribution is 6.00. The molecule has 13 heteroatoms. The highest BCUT2D eigenvalue weighted by Gasteiger charge is 2.75. The highest BCUT2D eigenvalue weighted by Crippen LogP contribution is 2.74. The summed E-state index contributed by atoms with van der Waals surface area (Å²) in [4.78, 5) is 28.5. The predicted octanol–water partition coefficient (Wildman–Crippen LogP) is 2.32. The van der Waals surface area contributed by atoms with Gasteiger partial charge in [0.1, 0.15) is 48.2 Å². The fourth-order valence-electron chi connectivity index (χ4n) is 12.3. The van der Waals surface area contributed by atoms with Crippen LogP contribution in [0.4, 0.5) is 0 Å². The topological polar surface area (TPSA) is 202 Å². The van der Waals surface area contributed by atoms with Crippen molar-refractivity contribution in [3.63, 3.8) is 0 Å². The lowest BCUT2D eigenvalue weighted by Crippen LogP contribution is -2.65. The average molecular weight is 763 g/mol. The number of fused-ring (bicyclic) bond motifs is 5. The molecule has 4 aliphatic carbocycles. The van der Waals surface area contributed by atoms with Crippen LogP contribution in [0.3, 0.4) is 0 Å². The van der Waals surface area contributed by atoms with E-state index in [2.05, 4.69) is 40.7 Å². The van der Waals surface area contributed by atoms with Crippen molar-refractivity contribution < 1.29 is 63.9 Å². The minimum atomic E-state index is -1.63. The van der Waals surface area contributed by atoms with Crippen LogP contribution < -0.4 is 0 Å².